The molecule has 0 saturated carbocycles. The molecular formula is C20H17N3O. The topological polar surface area (TPSA) is 46.4 Å². The zero-order chi connectivity index (χ0) is 16.5. The SMILES string of the molecule is Cc1cccc(C(=O)NCc2nc3ccccc3n3cccc23)c1. The predicted molar refractivity (Wildman–Crippen MR) is 95.0 cm³/mol. The van der Waals surface area contributed by atoms with Gasteiger partial charge in [0.05, 0.1) is 28.8 Å². The van der Waals surface area contributed by atoms with Crippen molar-refractivity contribution in [3.63, 3.8) is 0 Å². The lowest BCUT2D eigenvalue weighted by Gasteiger charge is -2.10. The van der Waals surface area contributed by atoms with Gasteiger partial charge >= 0.3 is 0 Å². The van der Waals surface area contributed by atoms with Crippen molar-refractivity contribution in [1.82, 2.24) is 14.7 Å². The molecule has 0 atom stereocenters. The molecule has 0 fully saturated rings. The normalized spacial score (nSPS) is 11.0. The first kappa shape index (κ1) is 14.5. The maximum absolute atomic E-state index is 12.4. The number of carbonyl (C=O) groups excluding carboxylic acids is 1. The Kier molecular flexibility index (Phi) is 3.50. The van der Waals surface area contributed by atoms with E-state index >= 15 is 0 Å². The molecule has 0 spiro atoms. The van der Waals surface area contributed by atoms with Gasteiger partial charge in [0.15, 0.2) is 0 Å². The van der Waals surface area contributed by atoms with Crippen molar-refractivity contribution in [3.05, 3.63) is 83.7 Å². The molecular weight excluding hydrogens is 298 g/mol. The molecule has 0 aliphatic rings. The highest BCUT2D eigenvalue weighted by Gasteiger charge is 2.10. The Morgan fingerprint density at radius 3 is 2.75 bits per heavy atom. The molecule has 24 heavy (non-hydrogen) atoms. The Morgan fingerprint density at radius 1 is 1.04 bits per heavy atom. The Bertz CT molecular complexity index is 1050. The molecule has 0 saturated heterocycles. The average molecular weight is 315 g/mol. The molecule has 0 aliphatic heterocycles. The first-order chi connectivity index (χ1) is 11.7. The van der Waals surface area contributed by atoms with Crippen LogP contribution in [0.25, 0.3) is 16.6 Å². The van der Waals surface area contributed by atoms with Crippen LogP contribution < -0.4 is 5.32 Å². The zero-order valence-corrected chi connectivity index (χ0v) is 13.4. The van der Waals surface area contributed by atoms with Crippen molar-refractivity contribution in [2.45, 2.75) is 13.5 Å². The highest BCUT2D eigenvalue weighted by Crippen LogP contribution is 2.18. The van der Waals surface area contributed by atoms with Crippen LogP contribution in [0.15, 0.2) is 66.9 Å². The fourth-order valence-electron chi connectivity index (χ4n) is 2.97. The van der Waals surface area contributed by atoms with Gasteiger partial charge in [-0.15, -0.1) is 0 Å². The summed E-state index contributed by atoms with van der Waals surface area (Å²) in [4.78, 5) is 17.1. The molecule has 4 aromatic rings. The van der Waals surface area contributed by atoms with Crippen LogP contribution in [0, 0.1) is 6.92 Å². The van der Waals surface area contributed by atoms with E-state index in [0.717, 1.165) is 27.8 Å². The molecule has 0 aliphatic carbocycles. The predicted octanol–water partition coefficient (Wildman–Crippen LogP) is 3.73. The Morgan fingerprint density at radius 2 is 1.88 bits per heavy atom. The van der Waals surface area contributed by atoms with E-state index in [4.69, 9.17) is 4.98 Å². The minimum atomic E-state index is -0.0848. The molecule has 4 nitrogen and oxygen atoms in total. The largest absolute Gasteiger partial charge is 0.346 e. The van der Waals surface area contributed by atoms with Crippen LogP contribution in [0.4, 0.5) is 0 Å². The van der Waals surface area contributed by atoms with Gasteiger partial charge in [0.2, 0.25) is 0 Å². The number of para-hydroxylation sites is 2. The summed E-state index contributed by atoms with van der Waals surface area (Å²) in [5.74, 6) is -0.0848. The zero-order valence-electron chi connectivity index (χ0n) is 13.4. The van der Waals surface area contributed by atoms with Gasteiger partial charge in [-0.2, -0.15) is 0 Å². The second kappa shape index (κ2) is 5.81. The summed E-state index contributed by atoms with van der Waals surface area (Å²) in [7, 11) is 0. The molecule has 118 valence electrons. The summed E-state index contributed by atoms with van der Waals surface area (Å²) in [5, 5.41) is 2.97. The van der Waals surface area contributed by atoms with Gasteiger partial charge in [0.25, 0.3) is 5.91 Å². The lowest BCUT2D eigenvalue weighted by molar-refractivity contribution is 0.0950. The minimum Gasteiger partial charge on any atom is -0.346 e. The van der Waals surface area contributed by atoms with Crippen LogP contribution >= 0.6 is 0 Å². The lowest BCUT2D eigenvalue weighted by Crippen LogP contribution is -2.23. The Labute approximate surface area is 139 Å². The van der Waals surface area contributed by atoms with Gasteiger partial charge in [-0.1, -0.05) is 29.8 Å². The van der Waals surface area contributed by atoms with E-state index in [1.807, 2.05) is 73.8 Å². The fraction of sp³-hybridized carbons (Fsp3) is 0.100. The van der Waals surface area contributed by atoms with E-state index in [0.29, 0.717) is 12.1 Å². The maximum Gasteiger partial charge on any atom is 0.251 e. The smallest absolute Gasteiger partial charge is 0.251 e. The lowest BCUT2D eigenvalue weighted by atomic mass is 10.1. The van der Waals surface area contributed by atoms with Gasteiger partial charge in [0.1, 0.15) is 0 Å². The quantitative estimate of drug-likeness (QED) is 0.626. The van der Waals surface area contributed by atoms with Crippen LogP contribution in [-0.4, -0.2) is 15.3 Å². The van der Waals surface area contributed by atoms with Crippen molar-refractivity contribution in [1.29, 1.82) is 0 Å². The number of nitrogens with one attached hydrogen (secondary N) is 1. The van der Waals surface area contributed by atoms with Gasteiger partial charge in [-0.05, 0) is 43.3 Å². The molecule has 2 aromatic carbocycles. The number of carbonyl (C=O) groups is 1. The summed E-state index contributed by atoms with van der Waals surface area (Å²) < 4.78 is 2.11. The average Bonchev–Trinajstić information content (AvgIpc) is 3.09. The van der Waals surface area contributed by atoms with Gasteiger partial charge < -0.3 is 9.72 Å². The summed E-state index contributed by atoms with van der Waals surface area (Å²) in [6.07, 6.45) is 2.02. The third-order valence-electron chi connectivity index (χ3n) is 4.14. The minimum absolute atomic E-state index is 0.0848. The molecule has 4 rings (SSSR count). The first-order valence-corrected chi connectivity index (χ1v) is 7.92. The van der Waals surface area contributed by atoms with Gasteiger partial charge in [0, 0.05) is 11.8 Å². The van der Waals surface area contributed by atoms with Crippen LogP contribution in [0.2, 0.25) is 0 Å². The highest BCUT2D eigenvalue weighted by atomic mass is 16.1. The van der Waals surface area contributed by atoms with Crippen molar-refractivity contribution < 1.29 is 4.79 Å². The second-order valence-corrected chi connectivity index (χ2v) is 5.86. The third-order valence-corrected chi connectivity index (χ3v) is 4.14. The number of fused-ring (bicyclic) bond motifs is 3. The summed E-state index contributed by atoms with van der Waals surface area (Å²) in [6.45, 7) is 2.37. The molecule has 1 amide bonds. The molecule has 4 heteroatoms. The van der Waals surface area contributed by atoms with Gasteiger partial charge in [-0.3, -0.25) is 4.79 Å². The van der Waals surface area contributed by atoms with Crippen molar-refractivity contribution >= 4 is 22.5 Å². The molecule has 0 radical (unpaired) electrons. The summed E-state index contributed by atoms with van der Waals surface area (Å²) in [5.41, 5.74) is 5.59. The number of nitrogens with zero attached hydrogens (tertiary/aromatic N) is 2. The van der Waals surface area contributed by atoms with Crippen LogP contribution in [0.5, 0.6) is 0 Å². The number of hydrogen-bond acceptors (Lipinski definition) is 2. The third kappa shape index (κ3) is 2.52. The molecule has 2 aromatic heterocycles. The monoisotopic (exact) mass is 315 g/mol. The number of amides is 1. The Hall–Kier alpha value is -3.14. The second-order valence-electron chi connectivity index (χ2n) is 5.86. The summed E-state index contributed by atoms with van der Waals surface area (Å²) >= 11 is 0. The number of aryl methyl sites for hydroxylation is 1. The number of aromatic nitrogens is 2. The molecule has 1 N–H and O–H groups in total. The molecule has 0 bridgehead atoms. The van der Waals surface area contributed by atoms with Crippen LogP contribution in [0.3, 0.4) is 0 Å². The summed E-state index contributed by atoms with van der Waals surface area (Å²) in [6, 6.07) is 19.6. The fourth-order valence-corrected chi connectivity index (χ4v) is 2.97. The van der Waals surface area contributed by atoms with E-state index in [9.17, 15) is 4.79 Å². The van der Waals surface area contributed by atoms with E-state index in [1.54, 1.807) is 0 Å². The molecule has 2 heterocycles. The molecule has 0 unspecified atom stereocenters. The maximum atomic E-state index is 12.4. The first-order valence-electron chi connectivity index (χ1n) is 7.92. The standard InChI is InChI=1S/C20H17N3O/c1-14-6-4-7-15(12-14)20(24)21-13-17-19-10-5-11-23(19)18-9-3-2-8-16(18)22-17/h2-12H,13H2,1H3,(H,21,24). The van der Waals surface area contributed by atoms with Gasteiger partial charge in [-0.25, -0.2) is 4.98 Å². The highest BCUT2D eigenvalue weighted by molar-refractivity contribution is 5.94. The number of rotatable bonds is 3. The van der Waals surface area contributed by atoms with E-state index < -0.39 is 0 Å². The van der Waals surface area contributed by atoms with E-state index in [-0.39, 0.29) is 5.91 Å². The van der Waals surface area contributed by atoms with Crippen molar-refractivity contribution in [2.75, 3.05) is 0 Å². The van der Waals surface area contributed by atoms with E-state index in [2.05, 4.69) is 9.72 Å². The van der Waals surface area contributed by atoms with Crippen molar-refractivity contribution in [2.24, 2.45) is 0 Å². The Balaban J connectivity index is 1.66. The number of benzene rings is 2. The van der Waals surface area contributed by atoms with Crippen LogP contribution in [0.1, 0.15) is 21.6 Å². The van der Waals surface area contributed by atoms with E-state index in [1.165, 1.54) is 0 Å². The van der Waals surface area contributed by atoms with Crippen molar-refractivity contribution in [3.8, 4) is 0 Å². The van der Waals surface area contributed by atoms with Crippen LogP contribution in [-0.2, 0) is 6.54 Å². The number of hydrogen-bond donors (Lipinski definition) is 1.